The molecule has 1 fully saturated rings. The molecule has 0 amide bonds. The zero-order valence-electron chi connectivity index (χ0n) is 11.3. The topological polar surface area (TPSA) is 47.3 Å². The Kier molecular flexibility index (Phi) is 5.38. The second-order valence-corrected chi connectivity index (χ2v) is 5.43. The maximum atomic E-state index is 10.0. The third-order valence-corrected chi connectivity index (χ3v) is 3.90. The second-order valence-electron chi connectivity index (χ2n) is 5.43. The highest BCUT2D eigenvalue weighted by molar-refractivity contribution is 5.14. The van der Waals surface area contributed by atoms with Gasteiger partial charge in [0.25, 0.3) is 0 Å². The van der Waals surface area contributed by atoms with Gasteiger partial charge in [0.2, 0.25) is 0 Å². The molecule has 0 bridgehead atoms. The summed E-state index contributed by atoms with van der Waals surface area (Å²) in [7, 11) is 0. The molecule has 0 saturated heterocycles. The van der Waals surface area contributed by atoms with Crippen molar-refractivity contribution in [3.8, 4) is 6.07 Å². The Bertz CT molecular complexity index is 413. The van der Waals surface area contributed by atoms with Crippen LogP contribution in [-0.4, -0.2) is 29.2 Å². The van der Waals surface area contributed by atoms with E-state index in [4.69, 9.17) is 5.26 Å². The highest BCUT2D eigenvalue weighted by atomic mass is 16.3. The van der Waals surface area contributed by atoms with Gasteiger partial charge >= 0.3 is 0 Å². The number of benzene rings is 1. The van der Waals surface area contributed by atoms with Crippen LogP contribution in [-0.2, 0) is 6.54 Å². The highest BCUT2D eigenvalue weighted by Crippen LogP contribution is 2.25. The van der Waals surface area contributed by atoms with Crippen molar-refractivity contribution >= 4 is 0 Å². The fraction of sp³-hybridized carbons (Fsp3) is 0.562. The molecule has 0 spiro atoms. The number of rotatable bonds is 5. The zero-order valence-corrected chi connectivity index (χ0v) is 11.3. The molecule has 1 aromatic rings. The second kappa shape index (κ2) is 7.28. The third kappa shape index (κ3) is 4.34. The summed E-state index contributed by atoms with van der Waals surface area (Å²) >= 11 is 0. The fourth-order valence-electron chi connectivity index (χ4n) is 2.86. The number of hydrogen-bond acceptors (Lipinski definition) is 3. The first-order valence-electron chi connectivity index (χ1n) is 7.11. The van der Waals surface area contributed by atoms with Crippen LogP contribution in [0.3, 0.4) is 0 Å². The maximum absolute atomic E-state index is 10.0. The van der Waals surface area contributed by atoms with Gasteiger partial charge < -0.3 is 5.11 Å². The normalized spacial score (nSPS) is 23.2. The molecule has 1 saturated carbocycles. The van der Waals surface area contributed by atoms with Crippen LogP contribution in [0, 0.1) is 17.2 Å². The third-order valence-electron chi connectivity index (χ3n) is 3.90. The standard InChI is InChI=1S/C16H22N2O/c17-10-11-18(12-14-6-2-1-3-7-14)13-15-8-4-5-9-16(15)19/h1-3,6-7,15-16,19H,4-5,8-9,11-13H2/t15-,16+/m0/s1. The molecule has 0 unspecified atom stereocenters. The lowest BCUT2D eigenvalue weighted by Gasteiger charge is -2.32. The van der Waals surface area contributed by atoms with E-state index in [9.17, 15) is 5.11 Å². The Labute approximate surface area is 115 Å². The first kappa shape index (κ1) is 14.0. The molecule has 1 aliphatic carbocycles. The quantitative estimate of drug-likeness (QED) is 0.826. The molecule has 1 aromatic carbocycles. The molecule has 1 aliphatic rings. The fourth-order valence-corrected chi connectivity index (χ4v) is 2.86. The van der Waals surface area contributed by atoms with E-state index >= 15 is 0 Å². The van der Waals surface area contributed by atoms with Crippen LogP contribution in [0.4, 0.5) is 0 Å². The predicted molar refractivity (Wildman–Crippen MR) is 75.3 cm³/mol. The molecular formula is C16H22N2O. The smallest absolute Gasteiger partial charge is 0.0868 e. The Morgan fingerprint density at radius 3 is 2.63 bits per heavy atom. The van der Waals surface area contributed by atoms with Crippen molar-refractivity contribution in [2.45, 2.75) is 38.3 Å². The van der Waals surface area contributed by atoms with Crippen molar-refractivity contribution in [1.82, 2.24) is 4.90 Å². The van der Waals surface area contributed by atoms with Crippen molar-refractivity contribution in [3.63, 3.8) is 0 Å². The number of nitrogens with zero attached hydrogens (tertiary/aromatic N) is 2. The number of nitriles is 1. The molecule has 0 aliphatic heterocycles. The monoisotopic (exact) mass is 258 g/mol. The van der Waals surface area contributed by atoms with Gasteiger partial charge in [-0.05, 0) is 24.3 Å². The highest BCUT2D eigenvalue weighted by Gasteiger charge is 2.25. The Balaban J connectivity index is 1.94. The van der Waals surface area contributed by atoms with Crippen LogP contribution in [0.2, 0.25) is 0 Å². The van der Waals surface area contributed by atoms with Gasteiger partial charge in [0.1, 0.15) is 0 Å². The number of hydrogen-bond donors (Lipinski definition) is 1. The first-order valence-corrected chi connectivity index (χ1v) is 7.11. The molecule has 102 valence electrons. The summed E-state index contributed by atoms with van der Waals surface area (Å²) in [6.07, 6.45) is 4.14. The van der Waals surface area contributed by atoms with Gasteiger partial charge in [0.05, 0.1) is 18.7 Å². The van der Waals surface area contributed by atoms with Crippen LogP contribution in [0.15, 0.2) is 30.3 Å². The molecule has 19 heavy (non-hydrogen) atoms. The van der Waals surface area contributed by atoms with E-state index in [1.807, 2.05) is 18.2 Å². The molecule has 0 heterocycles. The summed E-state index contributed by atoms with van der Waals surface area (Å²) in [5.74, 6) is 0.325. The van der Waals surface area contributed by atoms with Crippen molar-refractivity contribution in [3.05, 3.63) is 35.9 Å². The average Bonchev–Trinajstić information content (AvgIpc) is 2.43. The number of aliphatic hydroxyl groups excluding tert-OH is 1. The maximum Gasteiger partial charge on any atom is 0.0868 e. The van der Waals surface area contributed by atoms with Gasteiger partial charge in [-0.15, -0.1) is 0 Å². The zero-order chi connectivity index (χ0) is 13.5. The lowest BCUT2D eigenvalue weighted by molar-refractivity contribution is 0.0475. The summed E-state index contributed by atoms with van der Waals surface area (Å²) in [6, 6.07) is 12.5. The van der Waals surface area contributed by atoms with Crippen LogP contribution in [0.1, 0.15) is 31.2 Å². The van der Waals surface area contributed by atoms with Crippen molar-refractivity contribution < 1.29 is 5.11 Å². The lowest BCUT2D eigenvalue weighted by atomic mass is 9.86. The first-order chi connectivity index (χ1) is 9.29. The minimum Gasteiger partial charge on any atom is -0.393 e. The molecule has 0 aromatic heterocycles. The van der Waals surface area contributed by atoms with E-state index in [0.717, 1.165) is 32.4 Å². The van der Waals surface area contributed by atoms with Crippen molar-refractivity contribution in [2.24, 2.45) is 5.92 Å². The SMILES string of the molecule is N#CCN(Cc1ccccc1)C[C@@H]1CCCC[C@H]1O. The minimum atomic E-state index is -0.189. The largest absolute Gasteiger partial charge is 0.393 e. The van der Waals surface area contributed by atoms with Gasteiger partial charge in [-0.3, -0.25) is 4.90 Å². The Morgan fingerprint density at radius 2 is 1.95 bits per heavy atom. The van der Waals surface area contributed by atoms with Gasteiger partial charge in [-0.25, -0.2) is 0 Å². The summed E-state index contributed by atoms with van der Waals surface area (Å²) in [5, 5.41) is 19.0. The van der Waals surface area contributed by atoms with Crippen LogP contribution in [0.25, 0.3) is 0 Å². The van der Waals surface area contributed by atoms with E-state index in [1.165, 1.54) is 12.0 Å². The molecular weight excluding hydrogens is 236 g/mol. The lowest BCUT2D eigenvalue weighted by Crippen LogP contribution is -2.36. The molecule has 3 nitrogen and oxygen atoms in total. The molecule has 2 rings (SSSR count). The van der Waals surface area contributed by atoms with Gasteiger partial charge in [-0.1, -0.05) is 43.2 Å². The Hall–Kier alpha value is -1.37. The summed E-state index contributed by atoms with van der Waals surface area (Å²) in [5.41, 5.74) is 1.23. The molecule has 1 N–H and O–H groups in total. The predicted octanol–water partition coefficient (Wildman–Crippen LogP) is 2.56. The summed E-state index contributed by atoms with van der Waals surface area (Å²) < 4.78 is 0. The van der Waals surface area contributed by atoms with Crippen LogP contribution >= 0.6 is 0 Å². The van der Waals surface area contributed by atoms with Gasteiger partial charge in [0, 0.05) is 13.1 Å². The molecule has 3 heteroatoms. The van der Waals surface area contributed by atoms with E-state index in [0.29, 0.717) is 12.5 Å². The summed E-state index contributed by atoms with van der Waals surface area (Å²) in [4.78, 5) is 2.15. The van der Waals surface area contributed by atoms with E-state index in [1.54, 1.807) is 0 Å². The van der Waals surface area contributed by atoms with Crippen LogP contribution in [0.5, 0.6) is 0 Å². The van der Waals surface area contributed by atoms with Gasteiger partial charge in [-0.2, -0.15) is 5.26 Å². The Morgan fingerprint density at radius 1 is 1.21 bits per heavy atom. The van der Waals surface area contributed by atoms with E-state index in [-0.39, 0.29) is 6.10 Å². The molecule has 0 radical (unpaired) electrons. The van der Waals surface area contributed by atoms with Crippen molar-refractivity contribution in [1.29, 1.82) is 5.26 Å². The van der Waals surface area contributed by atoms with Gasteiger partial charge in [0.15, 0.2) is 0 Å². The van der Waals surface area contributed by atoms with Crippen LogP contribution < -0.4 is 0 Å². The average molecular weight is 258 g/mol. The molecule has 2 atom stereocenters. The number of aliphatic hydroxyl groups is 1. The van der Waals surface area contributed by atoms with E-state index < -0.39 is 0 Å². The van der Waals surface area contributed by atoms with Crippen molar-refractivity contribution in [2.75, 3.05) is 13.1 Å². The van der Waals surface area contributed by atoms with E-state index in [2.05, 4.69) is 23.1 Å². The summed E-state index contributed by atoms with van der Waals surface area (Å²) in [6.45, 7) is 2.04. The minimum absolute atomic E-state index is 0.189.